The maximum absolute atomic E-state index is 12.3. The lowest BCUT2D eigenvalue weighted by atomic mass is 9.95. The smallest absolute Gasteiger partial charge is 0.191 e. The minimum atomic E-state index is 0.225. The first-order valence-corrected chi connectivity index (χ1v) is 6.87. The van der Waals surface area contributed by atoms with Crippen molar-refractivity contribution >= 4 is 0 Å². The number of allylic oxidation sites excluding steroid dienone is 2. The largest absolute Gasteiger partial charge is 0.465 e. The lowest BCUT2D eigenvalue weighted by molar-refractivity contribution is 0.412. The summed E-state index contributed by atoms with van der Waals surface area (Å²) in [5.41, 5.74) is 3.29. The van der Waals surface area contributed by atoms with Gasteiger partial charge in [0, 0.05) is 24.0 Å². The molecule has 1 aromatic heterocycles. The van der Waals surface area contributed by atoms with Crippen molar-refractivity contribution in [2.75, 3.05) is 0 Å². The summed E-state index contributed by atoms with van der Waals surface area (Å²) in [6.45, 7) is 6.09. The molecule has 0 spiro atoms. The normalized spacial score (nSPS) is 14.2. The van der Waals surface area contributed by atoms with Crippen LogP contribution in [0.4, 0.5) is 0 Å². The zero-order chi connectivity index (χ0) is 13.1. The number of aryl methyl sites for hydroxylation is 2. The molecule has 0 aromatic carbocycles. The average Bonchev–Trinajstić information content (AvgIpc) is 2.35. The number of fused-ring (bicyclic) bond motifs is 1. The van der Waals surface area contributed by atoms with Crippen LogP contribution in [0.3, 0.4) is 0 Å². The molecule has 2 heteroatoms. The SMILES string of the molecule is CC(C)=CCCc1oc2c(c(=O)c1C)CCCC2. The van der Waals surface area contributed by atoms with Gasteiger partial charge >= 0.3 is 0 Å². The molecule has 1 aliphatic carbocycles. The molecule has 1 heterocycles. The quantitative estimate of drug-likeness (QED) is 0.761. The molecule has 0 atom stereocenters. The van der Waals surface area contributed by atoms with Crippen molar-refractivity contribution in [2.24, 2.45) is 0 Å². The van der Waals surface area contributed by atoms with Gasteiger partial charge in [0.1, 0.15) is 11.5 Å². The number of hydrogen-bond acceptors (Lipinski definition) is 2. The summed E-state index contributed by atoms with van der Waals surface area (Å²) in [6, 6.07) is 0. The Hall–Kier alpha value is -1.31. The maximum atomic E-state index is 12.3. The van der Waals surface area contributed by atoms with Crippen molar-refractivity contribution < 1.29 is 4.42 Å². The van der Waals surface area contributed by atoms with E-state index in [0.717, 1.165) is 61.2 Å². The predicted octanol–water partition coefficient (Wildman–Crippen LogP) is 3.73. The van der Waals surface area contributed by atoms with Gasteiger partial charge < -0.3 is 4.42 Å². The van der Waals surface area contributed by atoms with E-state index in [0.29, 0.717) is 0 Å². The van der Waals surface area contributed by atoms with Crippen LogP contribution in [0.1, 0.15) is 55.8 Å². The zero-order valence-corrected chi connectivity index (χ0v) is 11.6. The van der Waals surface area contributed by atoms with Gasteiger partial charge in [-0.1, -0.05) is 11.6 Å². The maximum Gasteiger partial charge on any atom is 0.191 e. The highest BCUT2D eigenvalue weighted by Gasteiger charge is 2.18. The molecular weight excluding hydrogens is 224 g/mol. The van der Waals surface area contributed by atoms with E-state index >= 15 is 0 Å². The summed E-state index contributed by atoms with van der Waals surface area (Å²) in [7, 11) is 0. The molecule has 0 aliphatic heterocycles. The van der Waals surface area contributed by atoms with Crippen LogP contribution >= 0.6 is 0 Å². The van der Waals surface area contributed by atoms with Gasteiger partial charge in [-0.25, -0.2) is 0 Å². The summed E-state index contributed by atoms with van der Waals surface area (Å²) < 4.78 is 5.96. The van der Waals surface area contributed by atoms with Gasteiger partial charge in [0.2, 0.25) is 0 Å². The van der Waals surface area contributed by atoms with Crippen LogP contribution in [0.15, 0.2) is 20.9 Å². The first-order chi connectivity index (χ1) is 8.59. The Bertz CT molecular complexity index is 517. The van der Waals surface area contributed by atoms with E-state index in [9.17, 15) is 4.79 Å². The van der Waals surface area contributed by atoms with Crippen molar-refractivity contribution in [1.82, 2.24) is 0 Å². The first kappa shape index (κ1) is 13.1. The molecule has 1 aliphatic rings. The Balaban J connectivity index is 2.29. The Labute approximate surface area is 109 Å². The van der Waals surface area contributed by atoms with Gasteiger partial charge in [-0.05, 0) is 46.5 Å². The van der Waals surface area contributed by atoms with E-state index in [1.807, 2.05) is 6.92 Å². The van der Waals surface area contributed by atoms with E-state index < -0.39 is 0 Å². The predicted molar refractivity (Wildman–Crippen MR) is 74.1 cm³/mol. The molecule has 0 saturated carbocycles. The standard InChI is InChI=1S/C16H22O2/c1-11(2)7-6-10-14-12(3)16(17)13-8-4-5-9-15(13)18-14/h7H,4-6,8-10H2,1-3H3. The Morgan fingerprint density at radius 1 is 1.28 bits per heavy atom. The second-order valence-corrected chi connectivity index (χ2v) is 5.41. The Morgan fingerprint density at radius 2 is 2.00 bits per heavy atom. The average molecular weight is 246 g/mol. The van der Waals surface area contributed by atoms with Crippen LogP contribution in [0.25, 0.3) is 0 Å². The van der Waals surface area contributed by atoms with Gasteiger partial charge in [0.05, 0.1) is 0 Å². The fourth-order valence-electron chi connectivity index (χ4n) is 2.54. The molecule has 0 unspecified atom stereocenters. The molecule has 2 nitrogen and oxygen atoms in total. The second kappa shape index (κ2) is 5.55. The molecule has 0 N–H and O–H groups in total. The summed E-state index contributed by atoms with van der Waals surface area (Å²) in [5.74, 6) is 1.84. The topological polar surface area (TPSA) is 30.2 Å². The Morgan fingerprint density at radius 3 is 2.72 bits per heavy atom. The lowest BCUT2D eigenvalue weighted by Crippen LogP contribution is -2.20. The van der Waals surface area contributed by atoms with Crippen LogP contribution < -0.4 is 5.43 Å². The molecule has 0 bridgehead atoms. The molecule has 98 valence electrons. The minimum Gasteiger partial charge on any atom is -0.465 e. The molecule has 0 amide bonds. The molecule has 2 rings (SSSR count). The molecule has 0 radical (unpaired) electrons. The van der Waals surface area contributed by atoms with E-state index in [-0.39, 0.29) is 5.43 Å². The van der Waals surface area contributed by atoms with E-state index in [1.165, 1.54) is 5.57 Å². The van der Waals surface area contributed by atoms with Crippen LogP contribution in [0.5, 0.6) is 0 Å². The molecule has 0 saturated heterocycles. The molecular formula is C16H22O2. The lowest BCUT2D eigenvalue weighted by Gasteiger charge is -2.16. The van der Waals surface area contributed by atoms with Crippen LogP contribution in [0, 0.1) is 6.92 Å². The van der Waals surface area contributed by atoms with Crippen molar-refractivity contribution in [3.63, 3.8) is 0 Å². The highest BCUT2D eigenvalue weighted by molar-refractivity contribution is 5.28. The molecule has 18 heavy (non-hydrogen) atoms. The minimum absolute atomic E-state index is 0.225. The summed E-state index contributed by atoms with van der Waals surface area (Å²) in [5, 5.41) is 0. The summed E-state index contributed by atoms with van der Waals surface area (Å²) >= 11 is 0. The van der Waals surface area contributed by atoms with E-state index in [4.69, 9.17) is 4.42 Å². The van der Waals surface area contributed by atoms with Crippen LogP contribution in [-0.4, -0.2) is 0 Å². The van der Waals surface area contributed by atoms with Crippen molar-refractivity contribution in [3.05, 3.63) is 44.5 Å². The third kappa shape index (κ3) is 2.74. The van der Waals surface area contributed by atoms with E-state index in [2.05, 4.69) is 19.9 Å². The fraction of sp³-hybridized carbons (Fsp3) is 0.562. The zero-order valence-electron chi connectivity index (χ0n) is 11.6. The first-order valence-electron chi connectivity index (χ1n) is 6.87. The highest BCUT2D eigenvalue weighted by Crippen LogP contribution is 2.21. The summed E-state index contributed by atoms with van der Waals surface area (Å²) in [6.07, 6.45) is 8.07. The van der Waals surface area contributed by atoms with Gasteiger partial charge in [0.25, 0.3) is 0 Å². The third-order valence-corrected chi connectivity index (χ3v) is 3.62. The third-order valence-electron chi connectivity index (χ3n) is 3.62. The monoisotopic (exact) mass is 246 g/mol. The van der Waals surface area contributed by atoms with Crippen LogP contribution in [-0.2, 0) is 19.3 Å². The number of rotatable bonds is 3. The Kier molecular flexibility index (Phi) is 4.05. The highest BCUT2D eigenvalue weighted by atomic mass is 16.3. The van der Waals surface area contributed by atoms with E-state index in [1.54, 1.807) is 0 Å². The van der Waals surface area contributed by atoms with Crippen molar-refractivity contribution in [2.45, 2.75) is 59.3 Å². The van der Waals surface area contributed by atoms with Gasteiger partial charge in [-0.3, -0.25) is 4.79 Å². The fourth-order valence-corrected chi connectivity index (χ4v) is 2.54. The van der Waals surface area contributed by atoms with Gasteiger partial charge in [-0.15, -0.1) is 0 Å². The molecule has 1 aromatic rings. The van der Waals surface area contributed by atoms with Crippen LogP contribution in [0.2, 0.25) is 0 Å². The van der Waals surface area contributed by atoms with Crippen molar-refractivity contribution in [1.29, 1.82) is 0 Å². The van der Waals surface area contributed by atoms with Gasteiger partial charge in [-0.2, -0.15) is 0 Å². The molecule has 0 fully saturated rings. The van der Waals surface area contributed by atoms with Gasteiger partial charge in [0.15, 0.2) is 5.43 Å². The second-order valence-electron chi connectivity index (χ2n) is 5.41. The summed E-state index contributed by atoms with van der Waals surface area (Å²) in [4.78, 5) is 12.3. The van der Waals surface area contributed by atoms with Crippen molar-refractivity contribution in [3.8, 4) is 0 Å². The number of hydrogen-bond donors (Lipinski definition) is 0.